The number of rotatable bonds is 7. The molecule has 1 N–H and O–H groups in total. The maximum Gasteiger partial charge on any atom is 0.317 e. The van der Waals surface area contributed by atoms with E-state index in [4.69, 9.17) is 4.74 Å². The zero-order chi connectivity index (χ0) is 14.9. The highest BCUT2D eigenvalue weighted by Gasteiger charge is 2.21. The molecule has 0 spiro atoms. The number of carbonyl (C=O) groups excluding carboxylic acids is 1. The molecule has 2 heterocycles. The Morgan fingerprint density at radius 1 is 1.38 bits per heavy atom. The van der Waals surface area contributed by atoms with Gasteiger partial charge >= 0.3 is 6.03 Å². The number of unbranched alkanes of at least 4 members (excludes halogenated alkanes) is 1. The second-order valence-electron chi connectivity index (χ2n) is 5.55. The summed E-state index contributed by atoms with van der Waals surface area (Å²) in [5.74, 6) is 0. The number of hydrogen-bond donors (Lipinski definition) is 1. The Morgan fingerprint density at radius 3 is 2.86 bits per heavy atom. The molecule has 4 nitrogen and oxygen atoms in total. The van der Waals surface area contributed by atoms with Crippen LogP contribution in [0.1, 0.15) is 49.4 Å². The minimum Gasteiger partial charge on any atom is -0.385 e. The van der Waals surface area contributed by atoms with Crippen LogP contribution in [0, 0.1) is 0 Å². The molecule has 5 heteroatoms. The largest absolute Gasteiger partial charge is 0.385 e. The summed E-state index contributed by atoms with van der Waals surface area (Å²) in [6, 6.07) is 4.40. The molecule has 0 saturated carbocycles. The van der Waals surface area contributed by atoms with Crippen LogP contribution in [0.25, 0.3) is 0 Å². The first kappa shape index (κ1) is 16.3. The van der Waals surface area contributed by atoms with E-state index in [9.17, 15) is 4.79 Å². The molecule has 1 unspecified atom stereocenters. The lowest BCUT2D eigenvalue weighted by Gasteiger charge is -2.29. The van der Waals surface area contributed by atoms with Gasteiger partial charge in [-0.1, -0.05) is 6.07 Å². The van der Waals surface area contributed by atoms with E-state index in [1.165, 1.54) is 11.3 Å². The molecular weight excluding hydrogens is 284 g/mol. The lowest BCUT2D eigenvalue weighted by molar-refractivity contribution is 0.179. The Balaban J connectivity index is 1.87. The molecule has 0 aromatic carbocycles. The maximum atomic E-state index is 12.4. The van der Waals surface area contributed by atoms with Gasteiger partial charge < -0.3 is 15.0 Å². The van der Waals surface area contributed by atoms with Crippen molar-refractivity contribution >= 4 is 17.4 Å². The number of nitrogens with zero attached hydrogens (tertiary/aromatic N) is 1. The van der Waals surface area contributed by atoms with Gasteiger partial charge in [0.1, 0.15) is 0 Å². The van der Waals surface area contributed by atoms with Gasteiger partial charge in [0.15, 0.2) is 0 Å². The molecule has 1 saturated heterocycles. The van der Waals surface area contributed by atoms with Gasteiger partial charge in [-0.3, -0.25) is 0 Å². The van der Waals surface area contributed by atoms with Crippen LogP contribution in [0.4, 0.5) is 4.79 Å². The molecular formula is C16H26N2O2S. The third kappa shape index (κ3) is 5.32. The second-order valence-corrected chi connectivity index (χ2v) is 6.53. The highest BCUT2D eigenvalue weighted by atomic mass is 32.1. The van der Waals surface area contributed by atoms with E-state index >= 15 is 0 Å². The molecule has 118 valence electrons. The van der Waals surface area contributed by atoms with Gasteiger partial charge in [0.25, 0.3) is 0 Å². The summed E-state index contributed by atoms with van der Waals surface area (Å²) in [5.41, 5.74) is 0. The minimum atomic E-state index is 0.0971. The van der Waals surface area contributed by atoms with Crippen LogP contribution in [-0.4, -0.2) is 37.7 Å². The normalized spacial score (nSPS) is 16.7. The van der Waals surface area contributed by atoms with Crippen molar-refractivity contribution in [2.75, 3.05) is 26.8 Å². The number of thiophene rings is 1. The smallest absolute Gasteiger partial charge is 0.317 e. The Kier molecular flexibility index (Phi) is 7.03. The van der Waals surface area contributed by atoms with E-state index < -0.39 is 0 Å². The van der Waals surface area contributed by atoms with Gasteiger partial charge in [-0.2, -0.15) is 0 Å². The molecule has 0 bridgehead atoms. The number of urea groups is 1. The SMILES string of the molecule is COCCCCC(NC(=O)N1CCCCC1)c1cccs1. The van der Waals surface area contributed by atoms with Crippen LogP contribution in [0.3, 0.4) is 0 Å². The van der Waals surface area contributed by atoms with Gasteiger partial charge in [0.05, 0.1) is 6.04 Å². The molecule has 1 atom stereocenters. The maximum absolute atomic E-state index is 12.4. The predicted octanol–water partition coefficient (Wildman–Crippen LogP) is 3.80. The van der Waals surface area contributed by atoms with E-state index in [1.54, 1.807) is 18.4 Å². The van der Waals surface area contributed by atoms with Crippen molar-refractivity contribution in [3.63, 3.8) is 0 Å². The van der Waals surface area contributed by atoms with Crippen LogP contribution in [0.15, 0.2) is 17.5 Å². The number of piperidine rings is 1. The summed E-state index contributed by atoms with van der Waals surface area (Å²) >= 11 is 1.72. The zero-order valence-electron chi connectivity index (χ0n) is 12.8. The first-order chi connectivity index (χ1) is 10.3. The fraction of sp³-hybridized carbons (Fsp3) is 0.688. The Morgan fingerprint density at radius 2 is 2.19 bits per heavy atom. The van der Waals surface area contributed by atoms with E-state index in [2.05, 4.69) is 22.8 Å². The van der Waals surface area contributed by atoms with Crippen LogP contribution in [-0.2, 0) is 4.74 Å². The fourth-order valence-corrected chi connectivity index (χ4v) is 3.52. The van der Waals surface area contributed by atoms with E-state index in [1.807, 2.05) is 4.90 Å². The number of ether oxygens (including phenoxy) is 1. The van der Waals surface area contributed by atoms with Gasteiger partial charge in [-0.05, 0) is 50.0 Å². The summed E-state index contributed by atoms with van der Waals surface area (Å²) < 4.78 is 5.10. The molecule has 1 aliphatic heterocycles. The Hall–Kier alpha value is -1.07. The standard InChI is InChI=1S/C16H26N2O2S/c1-20-12-6-3-8-14(15-9-7-13-21-15)17-16(19)18-10-4-2-5-11-18/h7,9,13-14H,2-6,8,10-12H2,1H3,(H,17,19). The molecule has 1 aliphatic rings. The summed E-state index contributed by atoms with van der Waals surface area (Å²) in [5, 5.41) is 5.30. The predicted molar refractivity (Wildman–Crippen MR) is 86.7 cm³/mol. The van der Waals surface area contributed by atoms with Crippen LogP contribution < -0.4 is 5.32 Å². The number of carbonyl (C=O) groups is 1. The second kappa shape index (κ2) is 9.05. The Bertz CT molecular complexity index is 402. The van der Waals surface area contributed by atoms with Gasteiger partial charge in [-0.25, -0.2) is 4.79 Å². The third-order valence-corrected chi connectivity index (χ3v) is 4.90. The van der Waals surface area contributed by atoms with Crippen molar-refractivity contribution in [2.45, 2.75) is 44.6 Å². The van der Waals surface area contributed by atoms with E-state index in [0.29, 0.717) is 0 Å². The quantitative estimate of drug-likeness (QED) is 0.778. The van der Waals surface area contributed by atoms with Crippen molar-refractivity contribution < 1.29 is 9.53 Å². The van der Waals surface area contributed by atoms with Crippen LogP contribution in [0.5, 0.6) is 0 Å². The zero-order valence-corrected chi connectivity index (χ0v) is 13.7. The Labute approximate surface area is 131 Å². The fourth-order valence-electron chi connectivity index (χ4n) is 2.71. The van der Waals surface area contributed by atoms with Crippen LogP contribution >= 0.6 is 11.3 Å². The monoisotopic (exact) mass is 310 g/mol. The van der Waals surface area contributed by atoms with Crippen molar-refractivity contribution in [3.05, 3.63) is 22.4 Å². The van der Waals surface area contributed by atoms with E-state index in [-0.39, 0.29) is 12.1 Å². The first-order valence-corrected chi connectivity index (χ1v) is 8.77. The molecule has 1 aromatic heterocycles. The van der Waals surface area contributed by atoms with E-state index in [0.717, 1.165) is 51.8 Å². The van der Waals surface area contributed by atoms with Crippen molar-refractivity contribution in [2.24, 2.45) is 0 Å². The van der Waals surface area contributed by atoms with Crippen molar-refractivity contribution in [3.8, 4) is 0 Å². The van der Waals surface area contributed by atoms with Crippen molar-refractivity contribution in [1.29, 1.82) is 0 Å². The molecule has 2 amide bonds. The first-order valence-electron chi connectivity index (χ1n) is 7.89. The topological polar surface area (TPSA) is 41.6 Å². The average Bonchev–Trinajstić information content (AvgIpc) is 3.05. The number of likely N-dealkylation sites (tertiary alicyclic amines) is 1. The highest BCUT2D eigenvalue weighted by molar-refractivity contribution is 7.10. The molecule has 1 fully saturated rings. The summed E-state index contributed by atoms with van der Waals surface area (Å²) in [6.45, 7) is 2.58. The minimum absolute atomic E-state index is 0.0971. The van der Waals surface area contributed by atoms with Gasteiger partial charge in [-0.15, -0.1) is 11.3 Å². The third-order valence-electron chi connectivity index (χ3n) is 3.92. The average molecular weight is 310 g/mol. The lowest BCUT2D eigenvalue weighted by Crippen LogP contribution is -2.44. The molecule has 1 aromatic rings. The molecule has 0 radical (unpaired) electrons. The number of hydrogen-bond acceptors (Lipinski definition) is 3. The summed E-state index contributed by atoms with van der Waals surface area (Å²) in [4.78, 5) is 15.6. The number of nitrogens with one attached hydrogen (secondary N) is 1. The summed E-state index contributed by atoms with van der Waals surface area (Å²) in [6.07, 6.45) is 6.59. The molecule has 0 aliphatic carbocycles. The van der Waals surface area contributed by atoms with Crippen LogP contribution in [0.2, 0.25) is 0 Å². The summed E-state index contributed by atoms with van der Waals surface area (Å²) in [7, 11) is 1.73. The van der Waals surface area contributed by atoms with Gasteiger partial charge in [0.2, 0.25) is 0 Å². The molecule has 21 heavy (non-hydrogen) atoms. The van der Waals surface area contributed by atoms with Gasteiger partial charge in [0, 0.05) is 31.7 Å². The lowest BCUT2D eigenvalue weighted by atomic mass is 10.1. The number of methoxy groups -OCH3 is 1. The highest BCUT2D eigenvalue weighted by Crippen LogP contribution is 2.24. The molecule has 2 rings (SSSR count). The number of amides is 2. The van der Waals surface area contributed by atoms with Crippen molar-refractivity contribution in [1.82, 2.24) is 10.2 Å².